The van der Waals surface area contributed by atoms with Crippen molar-refractivity contribution in [3.8, 4) is 0 Å². The highest BCUT2D eigenvalue weighted by molar-refractivity contribution is 5.96. The number of carbonyl (C=O) groups excluding carboxylic acids is 6. The summed E-state index contributed by atoms with van der Waals surface area (Å²) in [6.45, 7) is 2.86. The van der Waals surface area contributed by atoms with Crippen molar-refractivity contribution < 1.29 is 68.4 Å². The lowest BCUT2D eigenvalue weighted by Crippen LogP contribution is -2.59. The fraction of sp³-hybridized carbons (Fsp3) is 0.541. The molecule has 1 aromatic rings. The lowest BCUT2D eigenvalue weighted by atomic mass is 10.0. The minimum Gasteiger partial charge on any atom is -0.481 e. The van der Waals surface area contributed by atoms with Gasteiger partial charge in [-0.15, -0.1) is 0 Å². The molecule has 0 unspecified atom stereocenters. The topological polar surface area (TPSA) is 414 Å². The van der Waals surface area contributed by atoms with Crippen molar-refractivity contribution in [2.45, 2.75) is 108 Å². The number of rotatable bonds is 29. The lowest BCUT2D eigenvalue weighted by Gasteiger charge is -2.26. The zero-order valence-electron chi connectivity index (χ0n) is 33.8. The number of benzene rings is 1. The highest BCUT2D eigenvalue weighted by atomic mass is 16.4. The molecule has 6 amide bonds. The van der Waals surface area contributed by atoms with Crippen LogP contribution in [-0.2, 0) is 54.4 Å². The summed E-state index contributed by atoms with van der Waals surface area (Å²) < 4.78 is 0. The van der Waals surface area contributed by atoms with Crippen molar-refractivity contribution in [1.29, 1.82) is 0 Å². The van der Waals surface area contributed by atoms with Crippen LogP contribution in [0.25, 0.3) is 0 Å². The van der Waals surface area contributed by atoms with E-state index in [1.54, 1.807) is 44.2 Å². The van der Waals surface area contributed by atoms with Crippen LogP contribution in [0.1, 0.15) is 70.8 Å². The summed E-state index contributed by atoms with van der Waals surface area (Å²) >= 11 is 0. The van der Waals surface area contributed by atoms with Crippen LogP contribution in [0.2, 0.25) is 0 Å². The number of carboxylic acids is 4. The van der Waals surface area contributed by atoms with E-state index in [0.29, 0.717) is 5.56 Å². The van der Waals surface area contributed by atoms with Gasteiger partial charge in [-0.25, -0.2) is 4.79 Å². The molecule has 0 fully saturated rings. The van der Waals surface area contributed by atoms with Crippen LogP contribution in [0.15, 0.2) is 35.3 Å². The molecule has 61 heavy (non-hydrogen) atoms. The van der Waals surface area contributed by atoms with Crippen LogP contribution in [0, 0.1) is 5.92 Å². The van der Waals surface area contributed by atoms with Crippen molar-refractivity contribution in [2.24, 2.45) is 28.1 Å². The zero-order valence-corrected chi connectivity index (χ0v) is 33.8. The fourth-order valence-electron chi connectivity index (χ4n) is 5.49. The van der Waals surface area contributed by atoms with Crippen LogP contribution in [0.5, 0.6) is 0 Å². The Morgan fingerprint density at radius 2 is 1.15 bits per heavy atom. The maximum absolute atomic E-state index is 13.8. The van der Waals surface area contributed by atoms with Crippen LogP contribution < -0.4 is 49.1 Å². The zero-order chi connectivity index (χ0) is 46.2. The molecule has 24 heteroatoms. The number of aliphatic imine (C=N–C) groups is 1. The Hall–Kier alpha value is -6.85. The smallest absolute Gasteiger partial charge is 0.326 e. The standard InChI is InChI=1S/C37H56N10O14/c1-19(2)15-24(43-27(48)18-42-32(56)22(9-6-14-41-37(39)40)44-31(55)21(38)10-12-28(49)50)34(58)46-25(16-20-7-4-3-5-8-20)35(59)45-23(11-13-29(51)52)33(57)47-26(36(60)61)17-30(53)54/h3-5,7-8,19,21-26H,6,9-18,38H2,1-2H3,(H,42,56)(H,43,48)(H,44,55)(H,45,59)(H,46,58)(H,47,57)(H,49,50)(H,51,52)(H,53,54)(H,60,61)(H4,39,40,41)/t21-,22-,23-,24-,25-,26-/m0/s1. The van der Waals surface area contributed by atoms with Gasteiger partial charge in [0.15, 0.2) is 5.96 Å². The van der Waals surface area contributed by atoms with Crippen molar-refractivity contribution in [2.75, 3.05) is 13.1 Å². The Balaban J connectivity index is 3.27. The molecule has 338 valence electrons. The average Bonchev–Trinajstić information content (AvgIpc) is 3.17. The van der Waals surface area contributed by atoms with E-state index in [1.165, 1.54) is 0 Å². The number of hydrogen-bond donors (Lipinski definition) is 13. The van der Waals surface area contributed by atoms with Crippen LogP contribution >= 0.6 is 0 Å². The molecule has 16 N–H and O–H groups in total. The summed E-state index contributed by atoms with van der Waals surface area (Å²) in [5.41, 5.74) is 17.0. The molecule has 0 saturated heterocycles. The molecule has 1 aromatic carbocycles. The number of aliphatic carboxylic acids is 4. The summed E-state index contributed by atoms with van der Waals surface area (Å²) in [6, 6.07) is -0.687. The molecule has 0 spiro atoms. The second kappa shape index (κ2) is 27.0. The molecule has 0 heterocycles. The largest absolute Gasteiger partial charge is 0.481 e. The summed E-state index contributed by atoms with van der Waals surface area (Å²) in [7, 11) is 0. The van der Waals surface area contributed by atoms with E-state index in [2.05, 4.69) is 31.6 Å². The van der Waals surface area contributed by atoms with Crippen LogP contribution in [-0.4, -0.2) is 135 Å². The third kappa shape index (κ3) is 22.2. The Kier molecular flexibility index (Phi) is 23.1. The van der Waals surface area contributed by atoms with Crippen molar-refractivity contribution in [3.05, 3.63) is 35.9 Å². The van der Waals surface area contributed by atoms with Gasteiger partial charge in [-0.05, 0) is 43.6 Å². The van der Waals surface area contributed by atoms with Gasteiger partial charge >= 0.3 is 23.9 Å². The van der Waals surface area contributed by atoms with Gasteiger partial charge in [-0.3, -0.25) is 48.1 Å². The third-order valence-corrected chi connectivity index (χ3v) is 8.56. The maximum Gasteiger partial charge on any atom is 0.326 e. The minimum absolute atomic E-state index is 0.0205. The normalized spacial score (nSPS) is 13.7. The van der Waals surface area contributed by atoms with E-state index in [1.807, 2.05) is 5.32 Å². The second-order valence-electron chi connectivity index (χ2n) is 14.3. The van der Waals surface area contributed by atoms with E-state index in [-0.39, 0.29) is 50.5 Å². The van der Waals surface area contributed by atoms with E-state index in [4.69, 9.17) is 27.4 Å². The Morgan fingerprint density at radius 1 is 0.623 bits per heavy atom. The molecule has 1 rings (SSSR count). The molecular weight excluding hydrogens is 808 g/mol. The minimum atomic E-state index is -1.92. The molecule has 0 aliphatic rings. The molecular formula is C37H56N10O14. The van der Waals surface area contributed by atoms with Gasteiger partial charge in [-0.1, -0.05) is 44.2 Å². The summed E-state index contributed by atoms with van der Waals surface area (Å²) in [5, 5.41) is 50.8. The molecule has 0 aliphatic heterocycles. The highest BCUT2D eigenvalue weighted by Crippen LogP contribution is 2.10. The number of guanidine groups is 1. The summed E-state index contributed by atoms with van der Waals surface area (Å²) in [5.74, 6) is -11.8. The summed E-state index contributed by atoms with van der Waals surface area (Å²) in [4.78, 5) is 129. The number of nitrogens with two attached hydrogens (primary N) is 3. The molecule has 24 nitrogen and oxygen atoms in total. The molecule has 0 bridgehead atoms. The number of nitrogens with one attached hydrogen (secondary N) is 6. The Bertz CT molecular complexity index is 1740. The first kappa shape index (κ1) is 52.2. The maximum atomic E-state index is 13.8. The number of hydrogen-bond acceptors (Lipinski definition) is 12. The van der Waals surface area contributed by atoms with Gasteiger partial charge in [-0.2, -0.15) is 0 Å². The van der Waals surface area contributed by atoms with Gasteiger partial charge < -0.3 is 69.5 Å². The Morgan fingerprint density at radius 3 is 1.70 bits per heavy atom. The SMILES string of the molecule is CC(C)C[C@H](NC(=O)CNC(=O)[C@H](CCCN=C(N)N)NC(=O)[C@@H](N)CCC(=O)O)C(=O)N[C@@H](Cc1ccccc1)C(=O)N[C@@H](CCC(=O)O)C(=O)N[C@@H](CC(=O)O)C(=O)O. The number of amides is 6. The van der Waals surface area contributed by atoms with Crippen molar-refractivity contribution in [3.63, 3.8) is 0 Å². The fourth-order valence-corrected chi connectivity index (χ4v) is 5.49. The summed E-state index contributed by atoms with van der Waals surface area (Å²) in [6.07, 6.45) is -2.86. The molecule has 0 radical (unpaired) electrons. The predicted molar refractivity (Wildman–Crippen MR) is 214 cm³/mol. The average molecular weight is 865 g/mol. The van der Waals surface area contributed by atoms with Crippen LogP contribution in [0.3, 0.4) is 0 Å². The number of carboxylic acid groups (broad SMARTS) is 4. The monoisotopic (exact) mass is 864 g/mol. The lowest BCUT2D eigenvalue weighted by molar-refractivity contribution is -0.147. The predicted octanol–water partition coefficient (Wildman–Crippen LogP) is -3.51. The first-order valence-electron chi connectivity index (χ1n) is 19.1. The third-order valence-electron chi connectivity index (χ3n) is 8.56. The van der Waals surface area contributed by atoms with Gasteiger partial charge in [0.2, 0.25) is 35.4 Å². The Labute approximate surface area is 350 Å². The molecule has 6 atom stereocenters. The number of nitrogens with zero attached hydrogens (tertiary/aromatic N) is 1. The van der Waals surface area contributed by atoms with E-state index < -0.39 is 128 Å². The first-order chi connectivity index (χ1) is 28.6. The van der Waals surface area contributed by atoms with Crippen LogP contribution in [0.4, 0.5) is 0 Å². The van der Waals surface area contributed by atoms with E-state index >= 15 is 0 Å². The van der Waals surface area contributed by atoms with E-state index in [0.717, 1.165) is 0 Å². The quantitative estimate of drug-likeness (QED) is 0.0211. The highest BCUT2D eigenvalue weighted by Gasteiger charge is 2.33. The van der Waals surface area contributed by atoms with Gasteiger partial charge in [0.05, 0.1) is 19.0 Å². The second-order valence-corrected chi connectivity index (χ2v) is 14.3. The van der Waals surface area contributed by atoms with Crippen molar-refractivity contribution in [1.82, 2.24) is 31.9 Å². The van der Waals surface area contributed by atoms with Crippen molar-refractivity contribution >= 4 is 65.3 Å². The van der Waals surface area contributed by atoms with Gasteiger partial charge in [0.25, 0.3) is 0 Å². The first-order valence-corrected chi connectivity index (χ1v) is 19.1. The molecule has 0 aliphatic carbocycles. The molecule has 0 aromatic heterocycles. The van der Waals surface area contributed by atoms with Gasteiger partial charge in [0, 0.05) is 25.8 Å². The molecule has 0 saturated carbocycles. The number of carbonyl (C=O) groups is 10. The van der Waals surface area contributed by atoms with E-state index in [9.17, 15) is 58.2 Å². The van der Waals surface area contributed by atoms with Gasteiger partial charge in [0.1, 0.15) is 30.2 Å².